The maximum Gasteiger partial charge on any atom is 0.270 e. The number of phenols is 1. The molecule has 0 spiro atoms. The highest BCUT2D eigenvalue weighted by Gasteiger charge is 2.35. The summed E-state index contributed by atoms with van der Waals surface area (Å²) in [4.78, 5) is 12.9. The monoisotopic (exact) mass is 365 g/mol. The number of nitro benzene ring substituents is 1. The van der Waals surface area contributed by atoms with E-state index in [0.717, 1.165) is 26.2 Å². The molecule has 1 aliphatic rings. The highest BCUT2D eigenvalue weighted by Crippen LogP contribution is 2.42. The zero-order chi connectivity index (χ0) is 15.6. The van der Waals surface area contributed by atoms with Crippen molar-refractivity contribution in [2.75, 3.05) is 26.2 Å². The molecular weight excluding hydrogens is 341 g/mol. The number of halogens is 2. The summed E-state index contributed by atoms with van der Waals surface area (Å²) in [6, 6.07) is 4.22. The number of phenolic OH excluding ortho intramolecular Hbond substituents is 1. The number of non-ortho nitro benzene ring substituents is 1. The molecule has 1 fully saturated rings. The standard InChI is InChI=1S/C15H23N3O3.2ClH/c1-15(2,3)14(17-8-6-16-7-9-17)12-10-11(18(20)21)4-5-13(12)19;;/h4-5,10,14,16,19H,6-9H2,1-3H3;2*1H/t14-;;/m0../s1. The van der Waals surface area contributed by atoms with Crippen molar-refractivity contribution in [3.05, 3.63) is 33.9 Å². The first kappa shape index (κ1) is 21.9. The minimum Gasteiger partial charge on any atom is -0.508 e. The number of nitrogens with zero attached hydrogens (tertiary/aromatic N) is 2. The number of piperazine rings is 1. The molecule has 8 heteroatoms. The van der Waals surface area contributed by atoms with Crippen LogP contribution in [0.15, 0.2) is 18.2 Å². The second kappa shape index (κ2) is 8.68. The lowest BCUT2D eigenvalue weighted by atomic mass is 9.80. The minimum absolute atomic E-state index is 0. The Morgan fingerprint density at radius 2 is 1.83 bits per heavy atom. The van der Waals surface area contributed by atoms with E-state index in [1.807, 2.05) is 0 Å². The van der Waals surface area contributed by atoms with Crippen molar-refractivity contribution in [3.63, 3.8) is 0 Å². The Bertz CT molecular complexity index is 529. The average molecular weight is 366 g/mol. The summed E-state index contributed by atoms with van der Waals surface area (Å²) in [5.74, 6) is 0.124. The molecule has 0 unspecified atom stereocenters. The lowest BCUT2D eigenvalue weighted by molar-refractivity contribution is -0.385. The molecule has 0 aromatic heterocycles. The smallest absolute Gasteiger partial charge is 0.270 e. The maximum atomic E-state index is 11.0. The third-order valence-electron chi connectivity index (χ3n) is 3.85. The van der Waals surface area contributed by atoms with E-state index in [2.05, 4.69) is 31.0 Å². The molecule has 0 amide bonds. The van der Waals surface area contributed by atoms with Gasteiger partial charge in [-0.05, 0) is 11.5 Å². The van der Waals surface area contributed by atoms with E-state index in [-0.39, 0.29) is 47.7 Å². The Kier molecular flexibility index (Phi) is 8.28. The van der Waals surface area contributed by atoms with E-state index in [0.29, 0.717) is 5.56 Å². The molecule has 1 aromatic carbocycles. The van der Waals surface area contributed by atoms with Crippen molar-refractivity contribution in [2.24, 2.45) is 5.41 Å². The van der Waals surface area contributed by atoms with Crippen LogP contribution in [0.5, 0.6) is 5.75 Å². The van der Waals surface area contributed by atoms with Crippen LogP contribution in [0.25, 0.3) is 0 Å². The highest BCUT2D eigenvalue weighted by atomic mass is 35.5. The van der Waals surface area contributed by atoms with Gasteiger partial charge in [0.1, 0.15) is 5.75 Å². The molecule has 2 rings (SSSR count). The maximum absolute atomic E-state index is 11.0. The Morgan fingerprint density at radius 3 is 2.30 bits per heavy atom. The second-order valence-electron chi connectivity index (χ2n) is 6.55. The number of aromatic hydroxyl groups is 1. The molecule has 23 heavy (non-hydrogen) atoms. The van der Waals surface area contributed by atoms with Gasteiger partial charge in [0, 0.05) is 49.9 Å². The number of rotatable bonds is 3. The molecule has 0 aliphatic carbocycles. The molecule has 0 bridgehead atoms. The SMILES string of the molecule is CC(C)(C)[C@H](c1cc([N+](=O)[O-])ccc1O)N1CCNCC1.Cl.Cl. The van der Waals surface area contributed by atoms with Crippen molar-refractivity contribution in [2.45, 2.75) is 26.8 Å². The molecular formula is C15H25Cl2N3O3. The summed E-state index contributed by atoms with van der Waals surface area (Å²) in [6.45, 7) is 9.80. The third-order valence-corrected chi connectivity index (χ3v) is 3.85. The fourth-order valence-electron chi connectivity index (χ4n) is 3.03. The van der Waals surface area contributed by atoms with Crippen LogP contribution in [-0.2, 0) is 0 Å². The molecule has 1 saturated heterocycles. The number of hydrogen-bond donors (Lipinski definition) is 2. The molecule has 1 aromatic rings. The topological polar surface area (TPSA) is 78.6 Å². The molecule has 1 atom stereocenters. The average Bonchev–Trinajstić information content (AvgIpc) is 2.40. The van der Waals surface area contributed by atoms with Crippen LogP contribution in [0.1, 0.15) is 32.4 Å². The van der Waals surface area contributed by atoms with Gasteiger partial charge in [0.2, 0.25) is 0 Å². The van der Waals surface area contributed by atoms with Crippen LogP contribution in [0, 0.1) is 15.5 Å². The molecule has 6 nitrogen and oxygen atoms in total. The quantitative estimate of drug-likeness (QED) is 0.635. The lowest BCUT2D eigenvalue weighted by Gasteiger charge is -2.42. The number of hydrogen-bond acceptors (Lipinski definition) is 5. The van der Waals surface area contributed by atoms with Crippen molar-refractivity contribution in [3.8, 4) is 5.75 Å². The number of benzene rings is 1. The highest BCUT2D eigenvalue weighted by molar-refractivity contribution is 5.85. The van der Waals surface area contributed by atoms with Crippen LogP contribution in [0.3, 0.4) is 0 Å². The van der Waals surface area contributed by atoms with Crippen LogP contribution in [-0.4, -0.2) is 41.1 Å². The zero-order valence-electron chi connectivity index (χ0n) is 13.6. The molecule has 2 N–H and O–H groups in total. The van der Waals surface area contributed by atoms with Crippen LogP contribution < -0.4 is 5.32 Å². The Labute approximate surface area is 149 Å². The molecule has 132 valence electrons. The van der Waals surface area contributed by atoms with E-state index in [1.54, 1.807) is 0 Å². The van der Waals surface area contributed by atoms with Gasteiger partial charge in [-0.3, -0.25) is 15.0 Å². The van der Waals surface area contributed by atoms with Gasteiger partial charge >= 0.3 is 0 Å². The van der Waals surface area contributed by atoms with Crippen molar-refractivity contribution in [1.82, 2.24) is 10.2 Å². The summed E-state index contributed by atoms with van der Waals surface area (Å²) >= 11 is 0. The number of nitrogens with one attached hydrogen (secondary N) is 1. The van der Waals surface area contributed by atoms with E-state index >= 15 is 0 Å². The third kappa shape index (κ3) is 5.21. The number of nitro groups is 1. The predicted molar refractivity (Wildman–Crippen MR) is 95.9 cm³/mol. The second-order valence-corrected chi connectivity index (χ2v) is 6.55. The van der Waals surface area contributed by atoms with Gasteiger partial charge in [-0.25, -0.2) is 0 Å². The fraction of sp³-hybridized carbons (Fsp3) is 0.600. The summed E-state index contributed by atoms with van der Waals surface area (Å²) in [5, 5.41) is 24.5. The summed E-state index contributed by atoms with van der Waals surface area (Å²) < 4.78 is 0. The summed E-state index contributed by atoms with van der Waals surface area (Å²) in [7, 11) is 0. The van der Waals surface area contributed by atoms with Gasteiger partial charge in [0.05, 0.1) is 4.92 Å². The largest absolute Gasteiger partial charge is 0.508 e. The zero-order valence-corrected chi connectivity index (χ0v) is 15.2. The van der Waals surface area contributed by atoms with E-state index in [1.165, 1.54) is 18.2 Å². The molecule has 0 radical (unpaired) electrons. The first-order valence-electron chi connectivity index (χ1n) is 7.23. The normalized spacial score (nSPS) is 16.8. The lowest BCUT2D eigenvalue weighted by Crippen LogP contribution is -2.48. The van der Waals surface area contributed by atoms with Gasteiger partial charge in [0.15, 0.2) is 0 Å². The predicted octanol–water partition coefficient (Wildman–Crippen LogP) is 3.14. The van der Waals surface area contributed by atoms with E-state index in [4.69, 9.17) is 0 Å². The van der Waals surface area contributed by atoms with Gasteiger partial charge < -0.3 is 10.4 Å². The van der Waals surface area contributed by atoms with Gasteiger partial charge in [-0.15, -0.1) is 24.8 Å². The first-order chi connectivity index (χ1) is 9.80. The van der Waals surface area contributed by atoms with Crippen molar-refractivity contribution in [1.29, 1.82) is 0 Å². The summed E-state index contributed by atoms with van der Waals surface area (Å²) in [6.07, 6.45) is 0. The Morgan fingerprint density at radius 1 is 1.26 bits per heavy atom. The van der Waals surface area contributed by atoms with E-state index in [9.17, 15) is 15.2 Å². The van der Waals surface area contributed by atoms with Crippen molar-refractivity contribution < 1.29 is 10.0 Å². The van der Waals surface area contributed by atoms with Crippen LogP contribution >= 0.6 is 24.8 Å². The molecule has 1 aliphatic heterocycles. The van der Waals surface area contributed by atoms with Gasteiger partial charge in [-0.2, -0.15) is 0 Å². The fourth-order valence-corrected chi connectivity index (χ4v) is 3.03. The molecule has 1 heterocycles. The minimum atomic E-state index is -0.416. The Hall–Kier alpha value is -1.08. The van der Waals surface area contributed by atoms with Crippen LogP contribution in [0.2, 0.25) is 0 Å². The molecule has 0 saturated carbocycles. The van der Waals surface area contributed by atoms with Crippen molar-refractivity contribution >= 4 is 30.5 Å². The van der Waals surface area contributed by atoms with Crippen LogP contribution in [0.4, 0.5) is 5.69 Å². The Balaban J connectivity index is 0.00000242. The van der Waals surface area contributed by atoms with Gasteiger partial charge in [-0.1, -0.05) is 20.8 Å². The van der Waals surface area contributed by atoms with E-state index < -0.39 is 4.92 Å². The summed E-state index contributed by atoms with van der Waals surface area (Å²) in [5.41, 5.74) is 0.523. The van der Waals surface area contributed by atoms with Gasteiger partial charge in [0.25, 0.3) is 5.69 Å². The first-order valence-corrected chi connectivity index (χ1v) is 7.23.